The van der Waals surface area contributed by atoms with Gasteiger partial charge in [-0.1, -0.05) is 43.7 Å². The molecule has 0 aliphatic carbocycles. The highest BCUT2D eigenvalue weighted by molar-refractivity contribution is 5.92. The lowest BCUT2D eigenvalue weighted by atomic mass is 9.97. The van der Waals surface area contributed by atoms with Crippen LogP contribution in [-0.4, -0.2) is 46.5 Å². The maximum absolute atomic E-state index is 13.9. The molecule has 33 heavy (non-hydrogen) atoms. The smallest absolute Gasteiger partial charge is 0.408 e. The molecule has 0 saturated carbocycles. The van der Waals surface area contributed by atoms with Gasteiger partial charge < -0.3 is 20.3 Å². The molecular weight excluding hydrogens is 418 g/mol. The van der Waals surface area contributed by atoms with E-state index in [-0.39, 0.29) is 29.8 Å². The van der Waals surface area contributed by atoms with Crippen molar-refractivity contribution >= 4 is 17.9 Å². The van der Waals surface area contributed by atoms with Gasteiger partial charge in [-0.15, -0.1) is 0 Å². The van der Waals surface area contributed by atoms with Crippen molar-refractivity contribution in [3.05, 3.63) is 35.4 Å². The lowest BCUT2D eigenvalue weighted by Gasteiger charge is -2.38. The van der Waals surface area contributed by atoms with Gasteiger partial charge in [-0.05, 0) is 73.3 Å². The number of nitrogens with zero attached hydrogens (tertiary/aromatic N) is 1. The SMILES string of the molecule is Cc1ccc(C(C(=O)NC(C)C)N(C(=O)C(CC(C)C)NC(=O)OC(C)(C)C)C(C)C)cc1. The number of alkyl carbamates (subject to hydrolysis) is 1. The number of benzene rings is 1. The molecule has 0 radical (unpaired) electrons. The van der Waals surface area contributed by atoms with E-state index in [1.165, 1.54) is 0 Å². The first-order chi connectivity index (χ1) is 15.1. The Balaban J connectivity index is 3.42. The zero-order valence-electron chi connectivity index (χ0n) is 22.0. The zero-order valence-corrected chi connectivity index (χ0v) is 22.0. The summed E-state index contributed by atoms with van der Waals surface area (Å²) in [6.07, 6.45) is -0.225. The summed E-state index contributed by atoms with van der Waals surface area (Å²) in [6.45, 7) is 18.8. The molecule has 0 saturated heterocycles. The average Bonchev–Trinajstić information content (AvgIpc) is 2.63. The normalized spacial score (nSPS) is 13.6. The van der Waals surface area contributed by atoms with E-state index < -0.39 is 23.8 Å². The van der Waals surface area contributed by atoms with Crippen LogP contribution < -0.4 is 10.6 Å². The molecule has 1 rings (SSSR count). The Bertz CT molecular complexity index is 795. The zero-order chi connectivity index (χ0) is 25.5. The van der Waals surface area contributed by atoms with Gasteiger partial charge in [0, 0.05) is 12.1 Å². The molecule has 1 aromatic rings. The standard InChI is InChI=1S/C26H43N3O4/c1-16(2)15-21(28-25(32)33-26(8,9)10)24(31)29(18(5)6)22(23(30)27-17(3)4)20-13-11-19(7)12-14-20/h11-14,16-18,21-22H,15H2,1-10H3,(H,27,30)(H,28,32). The van der Waals surface area contributed by atoms with Gasteiger partial charge in [-0.25, -0.2) is 4.79 Å². The number of hydrogen-bond donors (Lipinski definition) is 2. The minimum absolute atomic E-state index is 0.0825. The van der Waals surface area contributed by atoms with Crippen molar-refractivity contribution in [3.8, 4) is 0 Å². The summed E-state index contributed by atoms with van der Waals surface area (Å²) in [6, 6.07) is 5.61. The first-order valence-corrected chi connectivity index (χ1v) is 11.8. The Kier molecular flexibility index (Phi) is 10.4. The Morgan fingerprint density at radius 2 is 1.48 bits per heavy atom. The van der Waals surface area contributed by atoms with Crippen LogP contribution in [0.1, 0.15) is 85.9 Å². The van der Waals surface area contributed by atoms with Gasteiger partial charge in [-0.2, -0.15) is 0 Å². The van der Waals surface area contributed by atoms with Crippen LogP contribution in [0.3, 0.4) is 0 Å². The summed E-state index contributed by atoms with van der Waals surface area (Å²) >= 11 is 0. The summed E-state index contributed by atoms with van der Waals surface area (Å²) in [5, 5.41) is 5.70. The molecule has 0 heterocycles. The highest BCUT2D eigenvalue weighted by Crippen LogP contribution is 2.26. The van der Waals surface area contributed by atoms with Crippen molar-refractivity contribution in [1.29, 1.82) is 0 Å². The summed E-state index contributed by atoms with van der Waals surface area (Å²) in [5.41, 5.74) is 1.10. The van der Waals surface area contributed by atoms with Crippen molar-refractivity contribution in [1.82, 2.24) is 15.5 Å². The molecule has 0 bridgehead atoms. The average molecular weight is 462 g/mol. The van der Waals surface area contributed by atoms with Gasteiger partial charge in [0.15, 0.2) is 0 Å². The summed E-state index contributed by atoms with van der Waals surface area (Å²) in [7, 11) is 0. The van der Waals surface area contributed by atoms with Crippen LogP contribution >= 0.6 is 0 Å². The lowest BCUT2D eigenvalue weighted by molar-refractivity contribution is -0.145. The van der Waals surface area contributed by atoms with E-state index in [2.05, 4.69) is 10.6 Å². The third-order valence-corrected chi connectivity index (χ3v) is 4.86. The topological polar surface area (TPSA) is 87.7 Å². The summed E-state index contributed by atoms with van der Waals surface area (Å²) < 4.78 is 5.40. The van der Waals surface area contributed by atoms with Gasteiger partial charge in [0.25, 0.3) is 0 Å². The highest BCUT2D eigenvalue weighted by Gasteiger charge is 2.38. The van der Waals surface area contributed by atoms with Crippen molar-refractivity contribution < 1.29 is 19.1 Å². The molecular formula is C26H43N3O4. The van der Waals surface area contributed by atoms with E-state index >= 15 is 0 Å². The molecule has 3 amide bonds. The molecule has 0 spiro atoms. The maximum atomic E-state index is 13.9. The van der Waals surface area contributed by atoms with Gasteiger partial charge in [0.2, 0.25) is 11.8 Å². The molecule has 0 fully saturated rings. The Hall–Kier alpha value is -2.57. The molecule has 0 aliphatic rings. The second-order valence-electron chi connectivity index (χ2n) is 10.6. The number of carbonyl (C=O) groups is 3. The fourth-order valence-electron chi connectivity index (χ4n) is 3.55. The van der Waals surface area contributed by atoms with Gasteiger partial charge in [-0.3, -0.25) is 9.59 Å². The first-order valence-electron chi connectivity index (χ1n) is 11.8. The number of aryl methyl sites for hydroxylation is 1. The number of hydrogen-bond acceptors (Lipinski definition) is 4. The van der Waals surface area contributed by atoms with E-state index in [1.807, 2.05) is 72.7 Å². The van der Waals surface area contributed by atoms with E-state index in [0.717, 1.165) is 11.1 Å². The van der Waals surface area contributed by atoms with Crippen LogP contribution in [0.4, 0.5) is 4.79 Å². The molecule has 1 aromatic carbocycles. The predicted octanol–water partition coefficient (Wildman–Crippen LogP) is 4.74. The van der Waals surface area contributed by atoms with E-state index in [4.69, 9.17) is 4.74 Å². The number of carbonyl (C=O) groups excluding carboxylic acids is 3. The minimum atomic E-state index is -0.824. The quantitative estimate of drug-likeness (QED) is 0.556. The van der Waals surface area contributed by atoms with Crippen LogP contribution in [0.5, 0.6) is 0 Å². The minimum Gasteiger partial charge on any atom is -0.444 e. The number of rotatable bonds is 9. The van der Waals surface area contributed by atoms with E-state index in [0.29, 0.717) is 6.42 Å². The van der Waals surface area contributed by atoms with Crippen LogP contribution in [0.25, 0.3) is 0 Å². The first kappa shape index (κ1) is 28.5. The fourth-order valence-corrected chi connectivity index (χ4v) is 3.55. The Morgan fingerprint density at radius 1 is 0.939 bits per heavy atom. The van der Waals surface area contributed by atoms with E-state index in [1.54, 1.807) is 25.7 Å². The molecule has 7 nitrogen and oxygen atoms in total. The van der Waals surface area contributed by atoms with E-state index in [9.17, 15) is 14.4 Å². The molecule has 0 aromatic heterocycles. The number of nitrogens with one attached hydrogen (secondary N) is 2. The lowest BCUT2D eigenvalue weighted by Crippen LogP contribution is -2.55. The largest absolute Gasteiger partial charge is 0.444 e. The molecule has 2 unspecified atom stereocenters. The van der Waals surface area contributed by atoms with Crippen LogP contribution in [-0.2, 0) is 14.3 Å². The van der Waals surface area contributed by atoms with Gasteiger partial charge >= 0.3 is 6.09 Å². The van der Waals surface area contributed by atoms with Crippen LogP contribution in [0.2, 0.25) is 0 Å². The van der Waals surface area contributed by atoms with Crippen molar-refractivity contribution in [3.63, 3.8) is 0 Å². The van der Waals surface area contributed by atoms with Crippen LogP contribution in [0.15, 0.2) is 24.3 Å². The molecule has 186 valence electrons. The van der Waals surface area contributed by atoms with Gasteiger partial charge in [0.1, 0.15) is 17.7 Å². The molecule has 2 N–H and O–H groups in total. The summed E-state index contributed by atoms with van der Waals surface area (Å²) in [5.74, 6) is -0.421. The monoisotopic (exact) mass is 461 g/mol. The molecule has 0 aliphatic heterocycles. The molecule has 7 heteroatoms. The molecule has 2 atom stereocenters. The summed E-state index contributed by atoms with van der Waals surface area (Å²) in [4.78, 5) is 41.3. The predicted molar refractivity (Wildman–Crippen MR) is 132 cm³/mol. The highest BCUT2D eigenvalue weighted by atomic mass is 16.6. The maximum Gasteiger partial charge on any atom is 0.408 e. The fraction of sp³-hybridized carbons (Fsp3) is 0.654. The van der Waals surface area contributed by atoms with Gasteiger partial charge in [0.05, 0.1) is 0 Å². The number of amides is 3. The Morgan fingerprint density at radius 3 is 1.91 bits per heavy atom. The third-order valence-electron chi connectivity index (χ3n) is 4.86. The Labute approximate surface area is 199 Å². The van der Waals surface area contributed by atoms with Crippen molar-refractivity contribution in [2.75, 3.05) is 0 Å². The van der Waals surface area contributed by atoms with Crippen molar-refractivity contribution in [2.45, 2.75) is 105 Å². The number of ether oxygens (including phenoxy) is 1. The van der Waals surface area contributed by atoms with Crippen molar-refractivity contribution in [2.24, 2.45) is 5.92 Å². The second-order valence-corrected chi connectivity index (χ2v) is 10.6. The third kappa shape index (κ3) is 9.44. The van der Waals surface area contributed by atoms with Crippen LogP contribution in [0, 0.1) is 12.8 Å². The second kappa shape index (κ2) is 12.1.